The minimum absolute atomic E-state index is 0.624. The molecule has 0 bridgehead atoms. The largest absolute Gasteiger partial charge is 0.379 e. The van der Waals surface area contributed by atoms with Gasteiger partial charge in [0.1, 0.15) is 0 Å². The highest BCUT2D eigenvalue weighted by molar-refractivity contribution is 5.79. The second-order valence-corrected chi connectivity index (χ2v) is 6.98. The summed E-state index contributed by atoms with van der Waals surface area (Å²) in [5.74, 6) is 2.87. The van der Waals surface area contributed by atoms with Crippen molar-refractivity contribution in [1.82, 2.24) is 10.2 Å². The van der Waals surface area contributed by atoms with Gasteiger partial charge in [0, 0.05) is 33.8 Å². The molecule has 0 saturated heterocycles. The van der Waals surface area contributed by atoms with Gasteiger partial charge in [0.15, 0.2) is 5.96 Å². The van der Waals surface area contributed by atoms with Crippen LogP contribution < -0.4 is 5.32 Å². The van der Waals surface area contributed by atoms with E-state index in [2.05, 4.69) is 22.3 Å². The third kappa shape index (κ3) is 3.66. The molecule has 114 valence electrons. The number of guanidine groups is 1. The van der Waals surface area contributed by atoms with Crippen molar-refractivity contribution in [3.63, 3.8) is 0 Å². The van der Waals surface area contributed by atoms with Gasteiger partial charge in [0.05, 0.1) is 6.61 Å². The molecule has 0 aromatic carbocycles. The average Bonchev–Trinajstić information content (AvgIpc) is 3.27. The lowest BCUT2D eigenvalue weighted by Gasteiger charge is -2.24. The van der Waals surface area contributed by atoms with E-state index in [0.717, 1.165) is 44.1 Å². The molecule has 3 aliphatic rings. The summed E-state index contributed by atoms with van der Waals surface area (Å²) in [6, 6.07) is 0. The Kier molecular flexibility index (Phi) is 4.20. The first-order valence-corrected chi connectivity index (χ1v) is 8.23. The minimum Gasteiger partial charge on any atom is -0.379 e. The van der Waals surface area contributed by atoms with Gasteiger partial charge in [-0.3, -0.25) is 4.99 Å². The SMILES string of the molecule is CN=C(NCC1(C2CC2)CC1)N(C)CCOCC1CC1. The van der Waals surface area contributed by atoms with Crippen LogP contribution in [0, 0.1) is 17.3 Å². The van der Waals surface area contributed by atoms with E-state index in [9.17, 15) is 0 Å². The summed E-state index contributed by atoms with van der Waals surface area (Å²) in [5, 5.41) is 3.58. The first-order valence-electron chi connectivity index (χ1n) is 8.23. The fraction of sp³-hybridized carbons (Fsp3) is 0.938. The third-order valence-corrected chi connectivity index (χ3v) is 5.13. The smallest absolute Gasteiger partial charge is 0.193 e. The average molecular weight is 279 g/mol. The predicted octanol–water partition coefficient (Wildman–Crippen LogP) is 2.11. The van der Waals surface area contributed by atoms with Crippen molar-refractivity contribution in [3.05, 3.63) is 0 Å². The van der Waals surface area contributed by atoms with E-state index in [1.807, 2.05) is 7.05 Å². The lowest BCUT2D eigenvalue weighted by Crippen LogP contribution is -2.43. The molecule has 0 heterocycles. The summed E-state index contributed by atoms with van der Waals surface area (Å²) in [6.45, 7) is 3.78. The Morgan fingerprint density at radius 2 is 2.05 bits per heavy atom. The number of nitrogens with one attached hydrogen (secondary N) is 1. The van der Waals surface area contributed by atoms with E-state index >= 15 is 0 Å². The molecule has 3 rings (SSSR count). The zero-order valence-corrected chi connectivity index (χ0v) is 13.0. The van der Waals surface area contributed by atoms with Gasteiger partial charge < -0.3 is 15.0 Å². The molecule has 0 aromatic heterocycles. The van der Waals surface area contributed by atoms with E-state index in [-0.39, 0.29) is 0 Å². The quantitative estimate of drug-likeness (QED) is 0.420. The van der Waals surface area contributed by atoms with Crippen molar-refractivity contribution >= 4 is 5.96 Å². The van der Waals surface area contributed by atoms with Crippen molar-refractivity contribution < 1.29 is 4.74 Å². The van der Waals surface area contributed by atoms with E-state index in [1.54, 1.807) is 0 Å². The zero-order chi connectivity index (χ0) is 14.0. The summed E-state index contributed by atoms with van der Waals surface area (Å²) in [5.41, 5.74) is 0.624. The Morgan fingerprint density at radius 3 is 2.60 bits per heavy atom. The predicted molar refractivity (Wildman–Crippen MR) is 81.9 cm³/mol. The number of likely N-dealkylation sites (N-methyl/N-ethyl adjacent to an activating group) is 1. The molecule has 3 aliphatic carbocycles. The molecule has 3 saturated carbocycles. The molecule has 0 atom stereocenters. The van der Waals surface area contributed by atoms with Gasteiger partial charge in [-0.05, 0) is 55.8 Å². The summed E-state index contributed by atoms with van der Waals surface area (Å²) in [6.07, 6.45) is 8.45. The first kappa shape index (κ1) is 14.2. The Morgan fingerprint density at radius 1 is 1.30 bits per heavy atom. The monoisotopic (exact) mass is 279 g/mol. The molecule has 0 unspecified atom stereocenters. The van der Waals surface area contributed by atoms with Crippen LogP contribution in [0.5, 0.6) is 0 Å². The number of ether oxygens (including phenoxy) is 1. The van der Waals surface area contributed by atoms with Crippen LogP contribution in [0.3, 0.4) is 0 Å². The van der Waals surface area contributed by atoms with Gasteiger partial charge in [-0.25, -0.2) is 0 Å². The Hall–Kier alpha value is -0.770. The molecule has 3 fully saturated rings. The molecule has 0 amide bonds. The molecule has 0 radical (unpaired) electrons. The van der Waals surface area contributed by atoms with Crippen molar-refractivity contribution in [1.29, 1.82) is 0 Å². The van der Waals surface area contributed by atoms with Crippen LogP contribution in [0.1, 0.15) is 38.5 Å². The number of rotatable bonds is 8. The maximum absolute atomic E-state index is 5.70. The number of aliphatic imine (C=N–C) groups is 1. The topological polar surface area (TPSA) is 36.9 Å². The van der Waals surface area contributed by atoms with E-state index in [0.29, 0.717) is 5.41 Å². The molecule has 0 aliphatic heterocycles. The number of nitrogens with zero attached hydrogens (tertiary/aromatic N) is 2. The molecule has 4 nitrogen and oxygen atoms in total. The van der Waals surface area contributed by atoms with Crippen molar-refractivity contribution in [3.8, 4) is 0 Å². The van der Waals surface area contributed by atoms with Crippen LogP contribution in [0.25, 0.3) is 0 Å². The maximum Gasteiger partial charge on any atom is 0.193 e. The Labute approximate surface area is 123 Å². The summed E-state index contributed by atoms with van der Waals surface area (Å²) < 4.78 is 5.70. The van der Waals surface area contributed by atoms with Gasteiger partial charge in [0.25, 0.3) is 0 Å². The Balaban J connectivity index is 1.34. The van der Waals surface area contributed by atoms with Crippen LogP contribution in [0.15, 0.2) is 4.99 Å². The van der Waals surface area contributed by atoms with Crippen LogP contribution >= 0.6 is 0 Å². The molecular weight excluding hydrogens is 250 g/mol. The normalized spacial score (nSPS) is 24.6. The molecule has 20 heavy (non-hydrogen) atoms. The minimum atomic E-state index is 0.624. The summed E-state index contributed by atoms with van der Waals surface area (Å²) in [4.78, 5) is 6.59. The van der Waals surface area contributed by atoms with Crippen LogP contribution in [0.4, 0.5) is 0 Å². The molecule has 1 N–H and O–H groups in total. The van der Waals surface area contributed by atoms with Gasteiger partial charge in [-0.1, -0.05) is 0 Å². The van der Waals surface area contributed by atoms with Gasteiger partial charge in [-0.15, -0.1) is 0 Å². The van der Waals surface area contributed by atoms with Crippen LogP contribution in [-0.4, -0.2) is 51.3 Å². The zero-order valence-electron chi connectivity index (χ0n) is 13.0. The second-order valence-electron chi connectivity index (χ2n) is 6.98. The van der Waals surface area contributed by atoms with E-state index < -0.39 is 0 Å². The number of hydrogen-bond acceptors (Lipinski definition) is 2. The van der Waals surface area contributed by atoms with Gasteiger partial charge >= 0.3 is 0 Å². The lowest BCUT2D eigenvalue weighted by atomic mass is 10.0. The number of hydrogen-bond donors (Lipinski definition) is 1. The molecule has 0 spiro atoms. The van der Waals surface area contributed by atoms with Crippen molar-refractivity contribution in [2.24, 2.45) is 22.2 Å². The Bertz CT molecular complexity index is 357. The van der Waals surface area contributed by atoms with Gasteiger partial charge in [-0.2, -0.15) is 0 Å². The lowest BCUT2D eigenvalue weighted by molar-refractivity contribution is 0.115. The van der Waals surface area contributed by atoms with E-state index in [4.69, 9.17) is 4.74 Å². The van der Waals surface area contributed by atoms with E-state index in [1.165, 1.54) is 38.5 Å². The highest BCUT2D eigenvalue weighted by Crippen LogP contribution is 2.60. The second kappa shape index (κ2) is 5.92. The summed E-state index contributed by atoms with van der Waals surface area (Å²) >= 11 is 0. The van der Waals surface area contributed by atoms with Gasteiger partial charge in [0.2, 0.25) is 0 Å². The van der Waals surface area contributed by atoms with Crippen LogP contribution in [-0.2, 0) is 4.74 Å². The first-order chi connectivity index (χ1) is 9.73. The standard InChI is InChI=1S/C16H29N3O/c1-17-15(18-12-16(7-8-16)14-5-6-14)19(2)9-10-20-11-13-3-4-13/h13-14H,3-12H2,1-2H3,(H,17,18). The highest BCUT2D eigenvalue weighted by atomic mass is 16.5. The van der Waals surface area contributed by atoms with Crippen molar-refractivity contribution in [2.75, 3.05) is 40.4 Å². The fourth-order valence-corrected chi connectivity index (χ4v) is 3.07. The molecule has 4 heteroatoms. The highest BCUT2D eigenvalue weighted by Gasteiger charge is 2.53. The summed E-state index contributed by atoms with van der Waals surface area (Å²) in [7, 11) is 3.98. The molecule has 0 aromatic rings. The maximum atomic E-state index is 5.70. The van der Waals surface area contributed by atoms with Crippen LogP contribution in [0.2, 0.25) is 0 Å². The third-order valence-electron chi connectivity index (χ3n) is 5.13. The van der Waals surface area contributed by atoms with Crippen molar-refractivity contribution in [2.45, 2.75) is 38.5 Å². The fourth-order valence-electron chi connectivity index (χ4n) is 3.07. The molecular formula is C16H29N3O.